The van der Waals surface area contributed by atoms with Crippen molar-refractivity contribution in [1.82, 2.24) is 0 Å². The fraction of sp³-hybridized carbons (Fsp3) is 0.294. The molecule has 1 nitrogen and oxygen atoms in total. The van der Waals surface area contributed by atoms with Crippen molar-refractivity contribution < 1.29 is 9.13 Å². The van der Waals surface area contributed by atoms with Crippen LogP contribution in [0.1, 0.15) is 37.3 Å². The van der Waals surface area contributed by atoms with E-state index in [1.165, 1.54) is 11.6 Å². The Hall–Kier alpha value is -1.35. The summed E-state index contributed by atoms with van der Waals surface area (Å²) in [4.78, 5) is 0. The predicted molar refractivity (Wildman–Crippen MR) is 83.6 cm³/mol. The summed E-state index contributed by atoms with van der Waals surface area (Å²) >= 11 is 3.25. The summed E-state index contributed by atoms with van der Waals surface area (Å²) in [7, 11) is 0. The molecule has 0 fully saturated rings. The molecule has 2 aromatic rings. The van der Waals surface area contributed by atoms with Crippen LogP contribution in [0.25, 0.3) is 0 Å². The van der Waals surface area contributed by atoms with Gasteiger partial charge in [0.15, 0.2) is 0 Å². The minimum atomic E-state index is -0.250. The zero-order valence-electron chi connectivity index (χ0n) is 11.7. The molecule has 0 aliphatic carbocycles. The molecular formula is C17H18BrFO. The van der Waals surface area contributed by atoms with Crippen LogP contribution in [0.3, 0.4) is 0 Å². The average molecular weight is 337 g/mol. The summed E-state index contributed by atoms with van der Waals surface area (Å²) in [5, 5.41) is 0. The Labute approximate surface area is 127 Å². The van der Waals surface area contributed by atoms with E-state index < -0.39 is 0 Å². The molecular weight excluding hydrogens is 319 g/mol. The molecule has 0 amide bonds. The fourth-order valence-corrected chi connectivity index (χ4v) is 2.37. The molecule has 0 bridgehead atoms. The number of benzene rings is 2. The maximum atomic E-state index is 13.8. The molecule has 0 saturated carbocycles. The molecule has 3 heteroatoms. The molecule has 0 heterocycles. The van der Waals surface area contributed by atoms with Crippen molar-refractivity contribution in [3.05, 3.63) is 63.9 Å². The molecule has 0 aliphatic rings. The van der Waals surface area contributed by atoms with Crippen molar-refractivity contribution in [2.24, 2.45) is 0 Å². The van der Waals surface area contributed by atoms with Crippen LogP contribution in [0, 0.1) is 5.82 Å². The lowest BCUT2D eigenvalue weighted by atomic mass is 9.98. The molecule has 2 rings (SSSR count). The summed E-state index contributed by atoms with van der Waals surface area (Å²) in [5.41, 5.74) is 1.74. The number of hydrogen-bond acceptors (Lipinski definition) is 1. The first kappa shape index (κ1) is 15.0. The highest BCUT2D eigenvalue weighted by molar-refractivity contribution is 9.10. The average Bonchev–Trinajstić information content (AvgIpc) is 2.46. The largest absolute Gasteiger partial charge is 0.489 e. The number of hydrogen-bond donors (Lipinski definition) is 0. The van der Waals surface area contributed by atoms with E-state index in [4.69, 9.17) is 4.74 Å². The van der Waals surface area contributed by atoms with Gasteiger partial charge in [0.2, 0.25) is 0 Å². The summed E-state index contributed by atoms with van der Waals surface area (Å²) in [6.45, 7) is 4.56. The first-order chi connectivity index (χ1) is 9.61. The van der Waals surface area contributed by atoms with Gasteiger partial charge in [0.1, 0.15) is 18.2 Å². The third-order valence-electron chi connectivity index (χ3n) is 3.46. The normalized spacial score (nSPS) is 12.2. The van der Waals surface area contributed by atoms with Crippen LogP contribution in [0.4, 0.5) is 4.39 Å². The van der Waals surface area contributed by atoms with Gasteiger partial charge in [-0.3, -0.25) is 0 Å². The van der Waals surface area contributed by atoms with Crippen molar-refractivity contribution >= 4 is 15.9 Å². The van der Waals surface area contributed by atoms with Crippen LogP contribution in [0.15, 0.2) is 46.9 Å². The molecule has 20 heavy (non-hydrogen) atoms. The van der Waals surface area contributed by atoms with Crippen molar-refractivity contribution in [1.29, 1.82) is 0 Å². The van der Waals surface area contributed by atoms with Gasteiger partial charge in [-0.1, -0.05) is 54.0 Å². The molecule has 2 aromatic carbocycles. The first-order valence-electron chi connectivity index (χ1n) is 6.77. The second-order valence-corrected chi connectivity index (χ2v) is 5.79. The van der Waals surface area contributed by atoms with Crippen LogP contribution in [0.5, 0.6) is 5.75 Å². The van der Waals surface area contributed by atoms with Gasteiger partial charge in [-0.15, -0.1) is 0 Å². The third-order valence-corrected chi connectivity index (χ3v) is 3.95. The van der Waals surface area contributed by atoms with Gasteiger partial charge in [-0.25, -0.2) is 4.39 Å². The molecule has 1 unspecified atom stereocenters. The Morgan fingerprint density at radius 1 is 1.20 bits per heavy atom. The molecule has 1 atom stereocenters. The van der Waals surface area contributed by atoms with E-state index >= 15 is 0 Å². The molecule has 0 spiro atoms. The maximum absolute atomic E-state index is 13.8. The summed E-state index contributed by atoms with van der Waals surface area (Å²) in [6, 6.07) is 13.0. The molecule has 0 N–H and O–H groups in total. The van der Waals surface area contributed by atoms with Crippen LogP contribution >= 0.6 is 15.9 Å². The van der Waals surface area contributed by atoms with E-state index in [0.717, 1.165) is 16.6 Å². The molecule has 0 saturated heterocycles. The quantitative estimate of drug-likeness (QED) is 0.682. The Morgan fingerprint density at radius 2 is 1.95 bits per heavy atom. The van der Waals surface area contributed by atoms with Gasteiger partial charge >= 0.3 is 0 Å². The van der Waals surface area contributed by atoms with Gasteiger partial charge in [0.25, 0.3) is 0 Å². The minimum Gasteiger partial charge on any atom is -0.489 e. The van der Waals surface area contributed by atoms with Crippen LogP contribution < -0.4 is 4.74 Å². The second-order valence-electron chi connectivity index (χ2n) is 4.87. The van der Waals surface area contributed by atoms with E-state index in [1.54, 1.807) is 6.07 Å². The van der Waals surface area contributed by atoms with Gasteiger partial charge < -0.3 is 4.74 Å². The van der Waals surface area contributed by atoms with Gasteiger partial charge in [0.05, 0.1) is 0 Å². The maximum Gasteiger partial charge on any atom is 0.130 e. The van der Waals surface area contributed by atoms with Crippen LogP contribution in [-0.2, 0) is 6.61 Å². The second kappa shape index (κ2) is 6.89. The van der Waals surface area contributed by atoms with Crippen molar-refractivity contribution in [3.8, 4) is 5.75 Å². The first-order valence-corrected chi connectivity index (χ1v) is 7.56. The topological polar surface area (TPSA) is 9.23 Å². The van der Waals surface area contributed by atoms with Crippen LogP contribution in [-0.4, -0.2) is 0 Å². The highest BCUT2D eigenvalue weighted by atomic mass is 79.9. The monoisotopic (exact) mass is 336 g/mol. The van der Waals surface area contributed by atoms with E-state index in [0.29, 0.717) is 11.5 Å². The Balaban J connectivity index is 2.15. The van der Waals surface area contributed by atoms with E-state index in [2.05, 4.69) is 35.8 Å². The van der Waals surface area contributed by atoms with Crippen LogP contribution in [0.2, 0.25) is 0 Å². The molecule has 0 radical (unpaired) electrons. The number of ether oxygens (including phenoxy) is 1. The lowest BCUT2D eigenvalue weighted by Crippen LogP contribution is -2.02. The number of halogens is 2. The standard InChI is InChI=1S/C17H18BrFO/c1-3-12(2)15-6-4-5-7-17(15)20-11-13-8-9-14(18)10-16(13)19/h4-10,12H,3,11H2,1-2H3. The number of para-hydroxylation sites is 1. The van der Waals surface area contributed by atoms with E-state index in [-0.39, 0.29) is 12.4 Å². The zero-order valence-corrected chi connectivity index (χ0v) is 13.3. The van der Waals surface area contributed by atoms with E-state index in [1.807, 2.05) is 24.3 Å². The van der Waals surface area contributed by atoms with Crippen molar-refractivity contribution in [3.63, 3.8) is 0 Å². The van der Waals surface area contributed by atoms with Crippen molar-refractivity contribution in [2.45, 2.75) is 32.8 Å². The van der Waals surface area contributed by atoms with Gasteiger partial charge in [0, 0.05) is 10.0 Å². The SMILES string of the molecule is CCC(C)c1ccccc1OCc1ccc(Br)cc1F. The molecule has 0 aromatic heterocycles. The lowest BCUT2D eigenvalue weighted by Gasteiger charge is -2.16. The van der Waals surface area contributed by atoms with Gasteiger partial charge in [-0.2, -0.15) is 0 Å². The third kappa shape index (κ3) is 3.60. The number of rotatable bonds is 5. The highest BCUT2D eigenvalue weighted by Gasteiger charge is 2.10. The molecule has 106 valence electrons. The fourth-order valence-electron chi connectivity index (χ4n) is 2.03. The predicted octanol–water partition coefficient (Wildman–Crippen LogP) is 5.68. The summed E-state index contributed by atoms with van der Waals surface area (Å²) in [5.74, 6) is 1.02. The summed E-state index contributed by atoms with van der Waals surface area (Å²) < 4.78 is 20.3. The minimum absolute atomic E-state index is 0.243. The Kier molecular flexibility index (Phi) is 5.18. The smallest absolute Gasteiger partial charge is 0.130 e. The summed E-state index contributed by atoms with van der Waals surface area (Å²) in [6.07, 6.45) is 1.05. The lowest BCUT2D eigenvalue weighted by molar-refractivity contribution is 0.295. The zero-order chi connectivity index (χ0) is 14.5. The highest BCUT2D eigenvalue weighted by Crippen LogP contribution is 2.29. The molecule has 0 aliphatic heterocycles. The van der Waals surface area contributed by atoms with Crippen molar-refractivity contribution in [2.75, 3.05) is 0 Å². The Morgan fingerprint density at radius 3 is 2.65 bits per heavy atom. The van der Waals surface area contributed by atoms with Gasteiger partial charge in [-0.05, 0) is 36.1 Å². The van der Waals surface area contributed by atoms with E-state index in [9.17, 15) is 4.39 Å². The Bertz CT molecular complexity index is 583.